The van der Waals surface area contributed by atoms with Crippen LogP contribution in [0.5, 0.6) is 0 Å². The minimum absolute atomic E-state index is 0. The van der Waals surface area contributed by atoms with Crippen molar-refractivity contribution in [2.45, 2.75) is 6.92 Å². The van der Waals surface area contributed by atoms with Gasteiger partial charge in [-0.05, 0) is 22.4 Å². The summed E-state index contributed by atoms with van der Waals surface area (Å²) in [6, 6.07) is 4.04. The first-order valence-corrected chi connectivity index (χ1v) is 3.69. The molecule has 58 valence electrons. The fourth-order valence-corrected chi connectivity index (χ4v) is 0.680. The molecule has 0 bridgehead atoms. The third-order valence-corrected chi connectivity index (χ3v) is 1.05. The first-order chi connectivity index (χ1) is 4.23. The van der Waals surface area contributed by atoms with Crippen LogP contribution in [0.1, 0.15) is 6.92 Å². The van der Waals surface area contributed by atoms with Crippen molar-refractivity contribution in [3.05, 3.63) is 22.9 Å². The Bertz CT molecular complexity index is 132. The van der Waals surface area contributed by atoms with E-state index < -0.39 is 0 Å². The van der Waals surface area contributed by atoms with Crippen LogP contribution in [-0.2, 0) is 4.79 Å². The average molecular weight is 180 g/mol. The lowest BCUT2D eigenvalue weighted by Crippen LogP contribution is -1.62. The van der Waals surface area contributed by atoms with Crippen molar-refractivity contribution in [1.29, 1.82) is 0 Å². The highest BCUT2D eigenvalue weighted by Crippen LogP contribution is 1.91. The van der Waals surface area contributed by atoms with Crippen molar-refractivity contribution in [1.82, 2.24) is 6.15 Å². The van der Waals surface area contributed by atoms with Gasteiger partial charge in [-0.1, -0.05) is 12.1 Å². The summed E-state index contributed by atoms with van der Waals surface area (Å²) >= 11 is 6.35. The molecule has 0 aliphatic rings. The number of halogens is 1. The predicted molar refractivity (Wildman–Crippen MR) is 45.9 cm³/mol. The third kappa shape index (κ3) is 15.6. The van der Waals surface area contributed by atoms with E-state index >= 15 is 0 Å². The number of rotatable bonds is 0. The molecule has 1 aromatic heterocycles. The van der Waals surface area contributed by atoms with Crippen LogP contribution in [0.15, 0.2) is 22.9 Å². The molecule has 2 nitrogen and oxygen atoms in total. The van der Waals surface area contributed by atoms with Crippen LogP contribution in [0.3, 0.4) is 0 Å². The second-order valence-electron chi connectivity index (χ2n) is 1.26. The third-order valence-electron chi connectivity index (χ3n) is 0.425. The van der Waals surface area contributed by atoms with E-state index in [0.717, 1.165) is 0 Å². The fraction of sp³-hybridized carbons (Fsp3) is 0.167. The Morgan fingerprint density at radius 3 is 1.80 bits per heavy atom. The number of carbonyl (C=O) groups excluding carboxylic acids is 1. The largest absolute Gasteiger partial charge is 0.344 e. The maximum Gasteiger partial charge on any atom is 0.218 e. The Morgan fingerprint density at radius 2 is 1.70 bits per heavy atom. The van der Waals surface area contributed by atoms with Gasteiger partial charge >= 0.3 is 0 Å². The van der Waals surface area contributed by atoms with Crippen LogP contribution >= 0.6 is 22.9 Å². The van der Waals surface area contributed by atoms with Crippen molar-refractivity contribution in [3.8, 4) is 0 Å². The van der Waals surface area contributed by atoms with E-state index in [-0.39, 0.29) is 11.4 Å². The zero-order valence-corrected chi connectivity index (χ0v) is 7.28. The molecule has 0 radical (unpaired) electrons. The number of carbonyl (C=O) groups is 1. The highest BCUT2D eigenvalue weighted by atomic mass is 35.5. The van der Waals surface area contributed by atoms with Crippen molar-refractivity contribution in [3.63, 3.8) is 0 Å². The molecule has 0 unspecified atom stereocenters. The Hall–Kier alpha value is -0.380. The molecule has 10 heavy (non-hydrogen) atoms. The SMILES string of the molecule is CC(=O)Cl.N.c1ccsc1. The smallest absolute Gasteiger partial charge is 0.218 e. The van der Waals surface area contributed by atoms with Crippen molar-refractivity contribution in [2.75, 3.05) is 0 Å². The monoisotopic (exact) mass is 179 g/mol. The summed E-state index contributed by atoms with van der Waals surface area (Å²) in [7, 11) is 0. The van der Waals surface area contributed by atoms with Crippen LogP contribution in [0.2, 0.25) is 0 Å². The van der Waals surface area contributed by atoms with Crippen LogP contribution in [0, 0.1) is 0 Å². The Balaban J connectivity index is 0. The van der Waals surface area contributed by atoms with Crippen molar-refractivity contribution >= 4 is 28.2 Å². The number of thiophene rings is 1. The van der Waals surface area contributed by atoms with Gasteiger partial charge in [-0.2, -0.15) is 11.3 Å². The lowest BCUT2D eigenvalue weighted by atomic mass is 10.7. The van der Waals surface area contributed by atoms with Crippen LogP contribution < -0.4 is 6.15 Å². The van der Waals surface area contributed by atoms with E-state index in [1.165, 1.54) is 6.92 Å². The van der Waals surface area contributed by atoms with Gasteiger partial charge in [0, 0.05) is 6.92 Å². The zero-order valence-electron chi connectivity index (χ0n) is 5.71. The summed E-state index contributed by atoms with van der Waals surface area (Å²) in [6.45, 7) is 1.29. The molecular formula is C6H10ClNOS. The van der Waals surface area contributed by atoms with Crippen LogP contribution in [-0.4, -0.2) is 5.24 Å². The highest BCUT2D eigenvalue weighted by molar-refractivity contribution is 7.07. The molecule has 0 amide bonds. The summed E-state index contributed by atoms with van der Waals surface area (Å²) in [5.41, 5.74) is 0. The molecule has 3 N–H and O–H groups in total. The maximum absolute atomic E-state index is 9.21. The van der Waals surface area contributed by atoms with Gasteiger partial charge in [-0.25, -0.2) is 0 Å². The average Bonchev–Trinajstić information content (AvgIpc) is 2.11. The summed E-state index contributed by atoms with van der Waals surface area (Å²) < 4.78 is 0. The lowest BCUT2D eigenvalue weighted by molar-refractivity contribution is -0.109. The molecule has 0 atom stereocenters. The minimum Gasteiger partial charge on any atom is -0.344 e. The second-order valence-corrected chi connectivity index (χ2v) is 2.61. The quantitative estimate of drug-likeness (QED) is 0.623. The van der Waals surface area contributed by atoms with Crippen molar-refractivity contribution in [2.24, 2.45) is 0 Å². The molecule has 1 aromatic rings. The maximum atomic E-state index is 9.21. The molecule has 0 aliphatic carbocycles. The number of hydrogen-bond acceptors (Lipinski definition) is 3. The Morgan fingerprint density at radius 1 is 1.40 bits per heavy atom. The molecule has 0 aliphatic heterocycles. The minimum atomic E-state index is -0.361. The molecule has 0 saturated heterocycles. The van der Waals surface area contributed by atoms with Crippen molar-refractivity contribution < 1.29 is 4.79 Å². The zero-order chi connectivity index (χ0) is 7.11. The van der Waals surface area contributed by atoms with Crippen LogP contribution in [0.4, 0.5) is 0 Å². The highest BCUT2D eigenvalue weighted by Gasteiger charge is 1.67. The van der Waals surface area contributed by atoms with Gasteiger partial charge in [0.2, 0.25) is 5.24 Å². The van der Waals surface area contributed by atoms with E-state index in [0.29, 0.717) is 0 Å². The summed E-state index contributed by atoms with van der Waals surface area (Å²) in [4.78, 5) is 9.21. The summed E-state index contributed by atoms with van der Waals surface area (Å²) in [5.74, 6) is 0. The molecule has 4 heteroatoms. The van der Waals surface area contributed by atoms with Gasteiger partial charge in [0.05, 0.1) is 0 Å². The van der Waals surface area contributed by atoms with Gasteiger partial charge in [0.1, 0.15) is 0 Å². The number of hydrogen-bond donors (Lipinski definition) is 1. The van der Waals surface area contributed by atoms with E-state index in [9.17, 15) is 4.79 Å². The lowest BCUT2D eigenvalue weighted by Gasteiger charge is -1.52. The first kappa shape index (κ1) is 12.3. The van der Waals surface area contributed by atoms with E-state index in [1.54, 1.807) is 11.3 Å². The first-order valence-electron chi connectivity index (χ1n) is 2.36. The van der Waals surface area contributed by atoms with Crippen LogP contribution in [0.25, 0.3) is 0 Å². The molecule has 0 saturated carbocycles. The fourth-order valence-electron chi connectivity index (χ4n) is 0.227. The molecule has 1 rings (SSSR count). The Labute approximate surface area is 69.4 Å². The van der Waals surface area contributed by atoms with Gasteiger partial charge in [-0.15, -0.1) is 0 Å². The van der Waals surface area contributed by atoms with E-state index in [1.807, 2.05) is 22.9 Å². The molecule has 0 spiro atoms. The normalized spacial score (nSPS) is 6.60. The molecular weight excluding hydrogens is 170 g/mol. The van der Waals surface area contributed by atoms with Gasteiger partial charge < -0.3 is 6.15 Å². The molecule has 0 aromatic carbocycles. The van der Waals surface area contributed by atoms with E-state index in [4.69, 9.17) is 0 Å². The van der Waals surface area contributed by atoms with Gasteiger partial charge in [-0.3, -0.25) is 4.79 Å². The standard InChI is InChI=1S/C4H4S.C2H3ClO.H3N/c1-2-4-5-3-1;1-2(3)4;/h1-4H;1H3;1H3. The van der Waals surface area contributed by atoms with Gasteiger partial charge in [0.15, 0.2) is 0 Å². The topological polar surface area (TPSA) is 52.1 Å². The van der Waals surface area contributed by atoms with Gasteiger partial charge in [0.25, 0.3) is 0 Å². The summed E-state index contributed by atoms with van der Waals surface area (Å²) in [6.07, 6.45) is 0. The predicted octanol–water partition coefficient (Wildman–Crippen LogP) is 2.68. The van der Waals surface area contributed by atoms with E-state index in [2.05, 4.69) is 11.6 Å². The molecule has 1 heterocycles. The summed E-state index contributed by atoms with van der Waals surface area (Å²) in [5, 5.41) is 3.72. The Kier molecular flexibility index (Phi) is 10.6. The second kappa shape index (κ2) is 8.62. The molecule has 0 fully saturated rings.